The summed E-state index contributed by atoms with van der Waals surface area (Å²) in [4.78, 5) is 15.5. The summed E-state index contributed by atoms with van der Waals surface area (Å²) >= 11 is 0. The van der Waals surface area contributed by atoms with E-state index < -0.39 is 19.9 Å². The van der Waals surface area contributed by atoms with Crippen molar-refractivity contribution in [1.29, 1.82) is 0 Å². The zero-order valence-electron chi connectivity index (χ0n) is 19.6. The molecule has 0 bridgehead atoms. The molecule has 1 aromatic carbocycles. The van der Waals surface area contributed by atoms with Crippen LogP contribution in [0.4, 0.5) is 0 Å². The Balaban J connectivity index is 1.72. The number of hydrogen-bond donors (Lipinski definition) is 0. The average molecular weight is 485 g/mol. The van der Waals surface area contributed by atoms with E-state index in [1.807, 2.05) is 39.8 Å². The lowest BCUT2D eigenvalue weighted by Gasteiger charge is -2.36. The molecule has 0 N–H and O–H groups in total. The Morgan fingerprint density at radius 3 is 2.19 bits per heavy atom. The van der Waals surface area contributed by atoms with Crippen molar-refractivity contribution in [1.82, 2.24) is 9.21 Å². The van der Waals surface area contributed by atoms with Crippen molar-refractivity contribution in [3.63, 3.8) is 0 Å². The molecule has 1 amide bonds. The second kappa shape index (κ2) is 9.81. The Labute approximate surface area is 193 Å². The number of sulfonamides is 1. The van der Waals surface area contributed by atoms with Gasteiger partial charge in [-0.2, -0.15) is 4.31 Å². The van der Waals surface area contributed by atoms with E-state index in [1.165, 1.54) is 4.31 Å². The Morgan fingerprint density at radius 1 is 1.09 bits per heavy atom. The van der Waals surface area contributed by atoms with Crippen LogP contribution in [0.15, 0.2) is 17.0 Å². The summed E-state index contributed by atoms with van der Waals surface area (Å²) in [6, 6.07) is 3.52. The van der Waals surface area contributed by atoms with Gasteiger partial charge in [0.1, 0.15) is 0 Å². The van der Waals surface area contributed by atoms with Crippen molar-refractivity contribution >= 4 is 25.8 Å². The largest absolute Gasteiger partial charge is 0.338 e. The van der Waals surface area contributed by atoms with E-state index in [4.69, 9.17) is 0 Å². The van der Waals surface area contributed by atoms with Gasteiger partial charge in [-0.15, -0.1) is 0 Å². The molecule has 2 aliphatic rings. The third-order valence-electron chi connectivity index (χ3n) is 6.69. The average Bonchev–Trinajstić information content (AvgIpc) is 3.06. The van der Waals surface area contributed by atoms with Crippen molar-refractivity contribution in [2.45, 2.75) is 70.7 Å². The smallest absolute Gasteiger partial charge is 0.243 e. The first kappa shape index (κ1) is 25.2. The van der Waals surface area contributed by atoms with Crippen molar-refractivity contribution < 1.29 is 21.6 Å². The van der Waals surface area contributed by atoms with Crippen LogP contribution in [-0.4, -0.2) is 69.1 Å². The molecular formula is C23H36N2O5S2. The summed E-state index contributed by atoms with van der Waals surface area (Å²) in [7, 11) is -6.71. The molecule has 2 aliphatic heterocycles. The molecule has 2 heterocycles. The number of carbonyl (C=O) groups excluding carboxylic acids is 1. The van der Waals surface area contributed by atoms with Gasteiger partial charge in [0, 0.05) is 31.6 Å². The number of sulfone groups is 1. The molecule has 0 spiro atoms. The first-order valence-electron chi connectivity index (χ1n) is 11.5. The van der Waals surface area contributed by atoms with E-state index in [9.17, 15) is 21.6 Å². The first-order chi connectivity index (χ1) is 15.0. The van der Waals surface area contributed by atoms with Gasteiger partial charge in [0.15, 0.2) is 9.84 Å². The second-order valence-electron chi connectivity index (χ2n) is 9.35. The predicted molar refractivity (Wildman–Crippen MR) is 126 cm³/mol. The molecule has 32 heavy (non-hydrogen) atoms. The molecule has 0 aromatic heterocycles. The Kier molecular flexibility index (Phi) is 7.72. The summed E-state index contributed by atoms with van der Waals surface area (Å²) in [6.45, 7) is 8.82. The van der Waals surface area contributed by atoms with Crippen LogP contribution in [0.3, 0.4) is 0 Å². The van der Waals surface area contributed by atoms with Crippen LogP contribution < -0.4 is 0 Å². The topological polar surface area (TPSA) is 91.8 Å². The van der Waals surface area contributed by atoms with E-state index in [0.717, 1.165) is 29.5 Å². The van der Waals surface area contributed by atoms with E-state index in [2.05, 4.69) is 0 Å². The van der Waals surface area contributed by atoms with Crippen molar-refractivity contribution in [3.8, 4) is 0 Å². The highest BCUT2D eigenvalue weighted by Gasteiger charge is 2.39. The second-order valence-corrected chi connectivity index (χ2v) is 13.5. The number of amides is 1. The van der Waals surface area contributed by atoms with Crippen molar-refractivity contribution in [2.24, 2.45) is 5.92 Å². The van der Waals surface area contributed by atoms with E-state index in [-0.39, 0.29) is 29.4 Å². The molecule has 0 aliphatic carbocycles. The van der Waals surface area contributed by atoms with Crippen LogP contribution in [0, 0.1) is 26.7 Å². The van der Waals surface area contributed by atoms with Crippen LogP contribution in [0.25, 0.3) is 0 Å². The van der Waals surface area contributed by atoms with Gasteiger partial charge in [0.25, 0.3) is 0 Å². The van der Waals surface area contributed by atoms with Crippen LogP contribution in [0.2, 0.25) is 0 Å². The number of aryl methyl sites for hydroxylation is 3. The molecule has 180 valence electrons. The molecule has 1 atom stereocenters. The minimum Gasteiger partial charge on any atom is -0.338 e. The number of unbranched alkanes of at least 4 members (excludes halogenated alkanes) is 1. The third-order valence-corrected chi connectivity index (χ3v) is 10.6. The number of nitrogens with zero attached hydrogens (tertiary/aromatic N) is 2. The molecule has 0 saturated carbocycles. The summed E-state index contributed by atoms with van der Waals surface area (Å²) < 4.78 is 52.1. The van der Waals surface area contributed by atoms with Crippen LogP contribution in [0.1, 0.15) is 55.7 Å². The third kappa shape index (κ3) is 5.37. The molecule has 7 nitrogen and oxygen atoms in total. The quantitative estimate of drug-likeness (QED) is 0.593. The monoisotopic (exact) mass is 484 g/mol. The first-order valence-corrected chi connectivity index (χ1v) is 14.8. The standard InChI is InChI=1S/C23H36N2O5S2/c1-5-6-10-25(21-9-13-31(27,28)16-21)23(26)20-7-11-24(12-8-20)32(29,30)22-18(3)14-17(2)15-19(22)4/h14-15,20-21H,5-13,16H2,1-4H3. The van der Waals surface area contributed by atoms with E-state index in [0.29, 0.717) is 43.8 Å². The Bertz CT molecular complexity index is 1030. The fourth-order valence-corrected chi connectivity index (χ4v) is 8.71. The fraction of sp³-hybridized carbons (Fsp3) is 0.696. The highest BCUT2D eigenvalue weighted by atomic mass is 32.2. The van der Waals surface area contributed by atoms with Gasteiger partial charge in [0.2, 0.25) is 15.9 Å². The number of rotatable bonds is 7. The minimum absolute atomic E-state index is 0.0136. The van der Waals surface area contributed by atoms with Crippen LogP contribution in [-0.2, 0) is 24.7 Å². The zero-order valence-corrected chi connectivity index (χ0v) is 21.3. The summed E-state index contributed by atoms with van der Waals surface area (Å²) in [6.07, 6.45) is 3.18. The predicted octanol–water partition coefficient (Wildman–Crippen LogP) is 2.83. The van der Waals surface area contributed by atoms with Gasteiger partial charge >= 0.3 is 0 Å². The molecule has 2 fully saturated rings. The molecule has 3 rings (SSSR count). The molecule has 1 aromatic rings. The number of hydrogen-bond acceptors (Lipinski definition) is 5. The van der Waals surface area contributed by atoms with E-state index in [1.54, 1.807) is 4.90 Å². The van der Waals surface area contributed by atoms with Crippen LogP contribution in [0.5, 0.6) is 0 Å². The van der Waals surface area contributed by atoms with Gasteiger partial charge in [-0.1, -0.05) is 31.0 Å². The SMILES string of the molecule is CCCCN(C(=O)C1CCN(S(=O)(=O)c2c(C)cc(C)cc2C)CC1)C1CCS(=O)(=O)C1. The maximum absolute atomic E-state index is 13.3. The van der Waals surface area contributed by atoms with E-state index >= 15 is 0 Å². The zero-order chi connectivity index (χ0) is 23.7. The summed E-state index contributed by atoms with van der Waals surface area (Å²) in [5.41, 5.74) is 2.52. The van der Waals surface area contributed by atoms with Gasteiger partial charge in [-0.05, 0) is 57.6 Å². The van der Waals surface area contributed by atoms with Crippen molar-refractivity contribution in [3.05, 3.63) is 28.8 Å². The van der Waals surface area contributed by atoms with Gasteiger partial charge in [-0.25, -0.2) is 16.8 Å². The molecule has 2 saturated heterocycles. The number of carbonyl (C=O) groups is 1. The van der Waals surface area contributed by atoms with Crippen LogP contribution >= 0.6 is 0 Å². The van der Waals surface area contributed by atoms with Gasteiger partial charge < -0.3 is 4.90 Å². The van der Waals surface area contributed by atoms with Gasteiger partial charge in [0.05, 0.1) is 16.4 Å². The number of piperidine rings is 1. The Morgan fingerprint density at radius 2 is 1.69 bits per heavy atom. The highest BCUT2D eigenvalue weighted by Crippen LogP contribution is 2.30. The van der Waals surface area contributed by atoms with Gasteiger partial charge in [-0.3, -0.25) is 4.79 Å². The summed E-state index contributed by atoms with van der Waals surface area (Å²) in [5, 5.41) is 0. The Hall–Kier alpha value is -1.45. The van der Waals surface area contributed by atoms with Crippen molar-refractivity contribution in [2.75, 3.05) is 31.1 Å². The highest BCUT2D eigenvalue weighted by molar-refractivity contribution is 7.91. The minimum atomic E-state index is -3.63. The lowest BCUT2D eigenvalue weighted by Crippen LogP contribution is -2.48. The summed E-state index contributed by atoms with van der Waals surface area (Å²) in [5.74, 6) is -0.0941. The fourth-order valence-electron chi connectivity index (χ4n) is 5.10. The molecule has 9 heteroatoms. The molecule has 1 unspecified atom stereocenters. The normalized spacial score (nSPS) is 22.2. The lowest BCUT2D eigenvalue weighted by atomic mass is 9.95. The maximum atomic E-state index is 13.3. The molecule has 0 radical (unpaired) electrons. The lowest BCUT2D eigenvalue weighted by molar-refractivity contribution is -0.138. The molecular weight excluding hydrogens is 448 g/mol. The number of benzene rings is 1. The maximum Gasteiger partial charge on any atom is 0.243 e.